The van der Waals surface area contributed by atoms with Crippen LogP contribution in [0.25, 0.3) is 11.3 Å². The van der Waals surface area contributed by atoms with Gasteiger partial charge < -0.3 is 59.2 Å². The predicted molar refractivity (Wildman–Crippen MR) is 268 cm³/mol. The molecule has 4 aromatic rings. The molecule has 1 aromatic carbocycles. The lowest BCUT2D eigenvalue weighted by molar-refractivity contribution is -0.163. The molecule has 5 aliphatic heterocycles. The number of piperazine rings is 1. The van der Waals surface area contributed by atoms with Crippen molar-refractivity contribution >= 4 is 34.9 Å². The maximum Gasteiger partial charge on any atom is 0.329 e. The molecule has 0 spiro atoms. The number of carbonyl (C=O) groups is 2. The lowest BCUT2D eigenvalue weighted by Gasteiger charge is -2.43. The number of piperidine rings is 2. The Balaban J connectivity index is 0.642. The highest BCUT2D eigenvalue weighted by molar-refractivity contribution is 5.89. The molecule has 1 amide bonds. The summed E-state index contributed by atoms with van der Waals surface area (Å²) in [5.74, 6) is 1.52. The Hall–Kier alpha value is -5.72. The molecular weight excluding hydrogens is 905 g/mol. The third-order valence-corrected chi connectivity index (χ3v) is 15.5. The molecule has 3 aromatic heterocycles. The highest BCUT2D eigenvalue weighted by atomic mass is 16.6. The number of nitrogens with zero attached hydrogens (tertiary/aromatic N) is 9. The molecule has 4 N–H and O–H groups in total. The van der Waals surface area contributed by atoms with E-state index in [0.717, 1.165) is 114 Å². The molecule has 6 fully saturated rings. The van der Waals surface area contributed by atoms with Crippen molar-refractivity contribution in [3.63, 3.8) is 0 Å². The number of aliphatic hydroxyl groups excluding tert-OH is 1. The molecule has 2 bridgehead atoms. The van der Waals surface area contributed by atoms with Gasteiger partial charge in [0.2, 0.25) is 11.8 Å². The summed E-state index contributed by atoms with van der Waals surface area (Å²) in [6.07, 6.45) is 9.88. The van der Waals surface area contributed by atoms with Gasteiger partial charge in [-0.05, 0) is 95.4 Å². The number of β-amino-alcohol motifs (C(OH)–C–C–N with tert-alkyl or cyclic N) is 1. The number of amides is 1. The van der Waals surface area contributed by atoms with Crippen molar-refractivity contribution in [3.05, 3.63) is 60.5 Å². The van der Waals surface area contributed by atoms with Crippen LogP contribution in [0.15, 0.2) is 59.3 Å². The average molecular weight is 977 g/mol. The summed E-state index contributed by atoms with van der Waals surface area (Å²) in [6.45, 7) is 15.9. The summed E-state index contributed by atoms with van der Waals surface area (Å²) in [6, 6.07) is 14.9. The van der Waals surface area contributed by atoms with Crippen LogP contribution in [0.1, 0.15) is 104 Å². The van der Waals surface area contributed by atoms with Gasteiger partial charge in [-0.15, -0.1) is 10.2 Å². The van der Waals surface area contributed by atoms with E-state index in [0.29, 0.717) is 46.7 Å². The molecule has 18 heteroatoms. The predicted octanol–water partition coefficient (Wildman–Crippen LogP) is 6.02. The number of rotatable bonds is 14. The van der Waals surface area contributed by atoms with E-state index >= 15 is 0 Å². The molecule has 5 saturated heterocycles. The maximum atomic E-state index is 14.0. The van der Waals surface area contributed by atoms with Crippen LogP contribution < -0.4 is 25.2 Å². The van der Waals surface area contributed by atoms with Crippen molar-refractivity contribution in [1.29, 1.82) is 0 Å². The monoisotopic (exact) mass is 977 g/mol. The van der Waals surface area contributed by atoms with Crippen LogP contribution in [0.3, 0.4) is 0 Å². The first-order valence-electron chi connectivity index (χ1n) is 26.0. The van der Waals surface area contributed by atoms with Gasteiger partial charge in [0.05, 0.1) is 29.7 Å². The van der Waals surface area contributed by atoms with Gasteiger partial charge in [0.15, 0.2) is 17.4 Å². The van der Waals surface area contributed by atoms with Crippen LogP contribution in [0.4, 0.5) is 23.0 Å². The Morgan fingerprint density at radius 3 is 2.30 bits per heavy atom. The molecular formula is C53H72N10O8. The van der Waals surface area contributed by atoms with Crippen molar-refractivity contribution in [1.82, 2.24) is 30.1 Å². The Kier molecular flexibility index (Phi) is 14.1. The van der Waals surface area contributed by atoms with E-state index in [1.54, 1.807) is 32.9 Å². The Morgan fingerprint density at radius 1 is 0.859 bits per heavy atom. The number of fused-ring (bicyclic) bond motifs is 2. The normalized spacial score (nSPS) is 26.0. The zero-order chi connectivity index (χ0) is 49.6. The number of ether oxygens (including phenoxy) is 3. The largest absolute Gasteiger partial charge is 0.507 e. The first-order chi connectivity index (χ1) is 34.1. The number of benzene rings is 1. The number of nitrogen functional groups attached to an aromatic ring is 1. The smallest absolute Gasteiger partial charge is 0.329 e. The van der Waals surface area contributed by atoms with Crippen LogP contribution in [0.2, 0.25) is 0 Å². The van der Waals surface area contributed by atoms with E-state index in [1.807, 2.05) is 44.3 Å². The topological polar surface area (TPSA) is 209 Å². The van der Waals surface area contributed by atoms with Crippen LogP contribution >= 0.6 is 0 Å². The minimum atomic E-state index is -0.840. The van der Waals surface area contributed by atoms with Gasteiger partial charge in [0.25, 0.3) is 0 Å². The Morgan fingerprint density at radius 2 is 1.59 bits per heavy atom. The molecule has 3 unspecified atom stereocenters. The van der Waals surface area contributed by atoms with E-state index in [2.05, 4.69) is 52.1 Å². The van der Waals surface area contributed by atoms with Gasteiger partial charge in [-0.2, -0.15) is 0 Å². The number of likely N-dealkylation sites (tertiary alicyclic amines) is 2. The number of esters is 1. The zero-order valence-corrected chi connectivity index (χ0v) is 41.9. The van der Waals surface area contributed by atoms with Crippen LogP contribution in [-0.2, 0) is 19.1 Å². The highest BCUT2D eigenvalue weighted by Gasteiger charge is 2.46. The second kappa shape index (κ2) is 20.4. The highest BCUT2D eigenvalue weighted by Crippen LogP contribution is 2.41. The number of aliphatic hydroxyl groups is 1. The van der Waals surface area contributed by atoms with Crippen molar-refractivity contribution < 1.29 is 38.5 Å². The SMILES string of the molecule is CC(C)C(C(=O)N1C[C@H](O)C[C@H]1C(=O)OC(C)(C)C)c1cc(N2CCC(CN3CCC(O[C@H]4C[C@H](Oc5cc(N6C7CCC6CN(c6cc(-c8ccccc8O)nnc6N)C7)ccn5)C4)CC3)CC2)no1. The minimum absolute atomic E-state index is 0.0790. The van der Waals surface area contributed by atoms with Gasteiger partial charge >= 0.3 is 5.97 Å². The van der Waals surface area contributed by atoms with Gasteiger partial charge in [-0.25, -0.2) is 9.78 Å². The van der Waals surface area contributed by atoms with Crippen molar-refractivity contribution in [2.75, 3.05) is 72.8 Å². The lowest BCUT2D eigenvalue weighted by atomic mass is 9.91. The first-order valence-corrected chi connectivity index (χ1v) is 26.0. The molecule has 8 heterocycles. The molecule has 10 rings (SSSR count). The number of phenolic OH excluding ortho intramolecular Hbond substituents is 1. The summed E-state index contributed by atoms with van der Waals surface area (Å²) in [4.78, 5) is 42.9. The number of anilines is 4. The number of carbonyl (C=O) groups excluding carboxylic acids is 2. The first kappa shape index (κ1) is 48.9. The fourth-order valence-corrected chi connectivity index (χ4v) is 11.9. The quantitative estimate of drug-likeness (QED) is 0.123. The molecule has 18 nitrogen and oxygen atoms in total. The maximum absolute atomic E-state index is 14.0. The van der Waals surface area contributed by atoms with Crippen LogP contribution in [-0.4, -0.2) is 153 Å². The van der Waals surface area contributed by atoms with E-state index in [9.17, 15) is 19.8 Å². The summed E-state index contributed by atoms with van der Waals surface area (Å²) in [5.41, 5.74) is 8.91. The van der Waals surface area contributed by atoms with Crippen molar-refractivity contribution in [3.8, 4) is 22.9 Å². The molecule has 5 atom stereocenters. The molecule has 71 heavy (non-hydrogen) atoms. The summed E-state index contributed by atoms with van der Waals surface area (Å²) >= 11 is 0. The molecule has 6 aliphatic rings. The number of para-hydroxylation sites is 1. The van der Waals surface area contributed by atoms with Gasteiger partial charge in [0, 0.05) is 113 Å². The summed E-state index contributed by atoms with van der Waals surface area (Å²) in [7, 11) is 0. The standard InChI is InChI=1S/C53H72N10O8/c1-32(2)49(51(66)62-31-37(64)23-44(62)52(67)70-53(3,4)5)46-27-47(58-71-46)60-20-13-33(14-21-60)28-59-18-15-38(16-19-59)68-39-24-40(25-39)69-48-22-34(12-17-55-48)63-35-10-11-36(63)30-61(29-35)43-26-42(56-57-50(43)54)41-8-6-7-9-45(41)65/h6-9,12,17,22,26-27,32-33,35-40,44,49,64-65H,10-11,13-16,18-21,23-25,28-31H2,1-5H3,(H2,54,57)/t35?,36?,37-,39-,40-,44+,49?/m1/s1. The number of pyridine rings is 1. The molecule has 1 saturated carbocycles. The fourth-order valence-electron chi connectivity index (χ4n) is 11.9. The Bertz CT molecular complexity index is 2480. The average Bonchev–Trinajstić information content (AvgIpc) is 4.04. The van der Waals surface area contributed by atoms with E-state index < -0.39 is 29.6 Å². The third-order valence-electron chi connectivity index (χ3n) is 15.5. The Labute approximate surface area is 416 Å². The van der Waals surface area contributed by atoms with Gasteiger partial charge in [-0.3, -0.25) is 4.79 Å². The number of hydrogen-bond acceptors (Lipinski definition) is 17. The van der Waals surface area contributed by atoms with E-state index in [1.165, 1.54) is 4.90 Å². The van der Waals surface area contributed by atoms with Gasteiger partial charge in [-0.1, -0.05) is 31.1 Å². The fraction of sp³-hybridized carbons (Fsp3) is 0.623. The van der Waals surface area contributed by atoms with Crippen LogP contribution in [0, 0.1) is 11.8 Å². The molecule has 1 aliphatic carbocycles. The van der Waals surface area contributed by atoms with Gasteiger partial charge in [0.1, 0.15) is 29.4 Å². The second-order valence-electron chi connectivity index (χ2n) is 22.2. The molecule has 0 radical (unpaired) electrons. The van der Waals surface area contributed by atoms with Crippen molar-refractivity contribution in [2.45, 2.75) is 146 Å². The number of aromatic nitrogens is 4. The second-order valence-corrected chi connectivity index (χ2v) is 22.2. The summed E-state index contributed by atoms with van der Waals surface area (Å²) < 4.78 is 24.5. The number of phenols is 1. The molecule has 382 valence electrons. The minimum Gasteiger partial charge on any atom is -0.507 e. The van der Waals surface area contributed by atoms with Crippen LogP contribution in [0.5, 0.6) is 11.6 Å². The number of nitrogens with two attached hydrogens (primary N) is 1. The summed E-state index contributed by atoms with van der Waals surface area (Å²) in [5, 5.41) is 33.9. The number of aromatic hydroxyl groups is 1. The van der Waals surface area contributed by atoms with E-state index in [-0.39, 0.29) is 48.9 Å². The van der Waals surface area contributed by atoms with E-state index in [4.69, 9.17) is 24.5 Å². The third kappa shape index (κ3) is 10.9. The zero-order valence-electron chi connectivity index (χ0n) is 41.9. The number of hydrogen-bond donors (Lipinski definition) is 3. The van der Waals surface area contributed by atoms with Crippen molar-refractivity contribution in [2.24, 2.45) is 11.8 Å². The lowest BCUT2D eigenvalue weighted by Crippen LogP contribution is -2.54.